The highest BCUT2D eigenvalue weighted by Crippen LogP contribution is 2.22. The summed E-state index contributed by atoms with van der Waals surface area (Å²) in [6, 6.07) is 23.2. The van der Waals surface area contributed by atoms with Crippen molar-refractivity contribution in [3.05, 3.63) is 90.2 Å². The third kappa shape index (κ3) is 5.08. The molecule has 0 aliphatic heterocycles. The first-order valence-corrected chi connectivity index (χ1v) is 8.27. The van der Waals surface area contributed by atoms with Gasteiger partial charge in [0.05, 0.1) is 6.54 Å². The molecule has 0 aliphatic rings. The fraction of sp³-hybridized carbons (Fsp3) is 0.0952. The molecule has 0 saturated heterocycles. The zero-order valence-corrected chi connectivity index (χ0v) is 14.1. The maximum Gasteiger partial charge on any atom is 0.239 e. The van der Waals surface area contributed by atoms with Crippen LogP contribution in [0.15, 0.2) is 78.9 Å². The Bertz CT molecular complexity index is 851. The Balaban J connectivity index is 1.45. The first kappa shape index (κ1) is 17.5. The minimum Gasteiger partial charge on any atom is -0.457 e. The van der Waals surface area contributed by atoms with E-state index < -0.39 is 0 Å². The van der Waals surface area contributed by atoms with Crippen LogP contribution in [0.3, 0.4) is 0 Å². The average molecular weight is 350 g/mol. The summed E-state index contributed by atoms with van der Waals surface area (Å²) in [5.41, 5.74) is 1.26. The van der Waals surface area contributed by atoms with Crippen LogP contribution in [0.4, 0.5) is 10.1 Å². The van der Waals surface area contributed by atoms with Gasteiger partial charge in [0.1, 0.15) is 17.3 Å². The maximum atomic E-state index is 13.5. The number of halogens is 1. The summed E-state index contributed by atoms with van der Waals surface area (Å²) < 4.78 is 19.2. The Labute approximate surface area is 151 Å². The molecule has 0 unspecified atom stereocenters. The lowest BCUT2D eigenvalue weighted by Crippen LogP contribution is -2.29. The molecule has 3 aromatic carbocycles. The first-order chi connectivity index (χ1) is 12.7. The van der Waals surface area contributed by atoms with Gasteiger partial charge in [-0.2, -0.15) is 0 Å². The minimum atomic E-state index is -0.324. The molecule has 0 atom stereocenters. The topological polar surface area (TPSA) is 50.4 Å². The van der Waals surface area contributed by atoms with Crippen LogP contribution in [0.2, 0.25) is 0 Å². The summed E-state index contributed by atoms with van der Waals surface area (Å²) in [6.45, 7) is 0.268. The van der Waals surface area contributed by atoms with Crippen molar-refractivity contribution in [2.75, 3.05) is 11.9 Å². The molecule has 4 nitrogen and oxygen atoms in total. The molecule has 0 aromatic heterocycles. The van der Waals surface area contributed by atoms with Crippen LogP contribution in [0, 0.1) is 5.82 Å². The second-order valence-corrected chi connectivity index (χ2v) is 5.66. The van der Waals surface area contributed by atoms with E-state index in [-0.39, 0.29) is 24.8 Å². The molecule has 3 aromatic rings. The van der Waals surface area contributed by atoms with Crippen LogP contribution >= 0.6 is 0 Å². The average Bonchev–Trinajstić information content (AvgIpc) is 2.68. The van der Waals surface area contributed by atoms with E-state index in [0.29, 0.717) is 11.3 Å². The Kier molecular flexibility index (Phi) is 5.83. The zero-order valence-electron chi connectivity index (χ0n) is 14.1. The number of rotatable bonds is 7. The van der Waals surface area contributed by atoms with E-state index in [1.165, 1.54) is 6.07 Å². The molecule has 0 heterocycles. The third-order valence-electron chi connectivity index (χ3n) is 3.72. The number of amides is 1. The van der Waals surface area contributed by atoms with Gasteiger partial charge in [0.25, 0.3) is 0 Å². The van der Waals surface area contributed by atoms with Crippen LogP contribution in [0.5, 0.6) is 11.5 Å². The van der Waals surface area contributed by atoms with Crippen molar-refractivity contribution in [2.45, 2.75) is 6.54 Å². The van der Waals surface area contributed by atoms with Gasteiger partial charge in [-0.25, -0.2) is 4.39 Å². The maximum absolute atomic E-state index is 13.5. The number of carbonyl (C=O) groups is 1. The Morgan fingerprint density at radius 3 is 2.23 bits per heavy atom. The van der Waals surface area contributed by atoms with E-state index in [1.807, 2.05) is 54.6 Å². The lowest BCUT2D eigenvalue weighted by atomic mass is 10.2. The molecule has 3 rings (SSSR count). The molecule has 2 N–H and O–H groups in total. The fourth-order valence-electron chi connectivity index (χ4n) is 2.35. The van der Waals surface area contributed by atoms with Crippen LogP contribution < -0.4 is 15.4 Å². The SMILES string of the molecule is O=C(CNc1ccc(Oc2ccccc2)cc1)NCc1ccccc1F. The van der Waals surface area contributed by atoms with Crippen LogP contribution in [0.25, 0.3) is 0 Å². The van der Waals surface area contributed by atoms with Gasteiger partial charge in [-0.15, -0.1) is 0 Å². The van der Waals surface area contributed by atoms with Crippen molar-refractivity contribution in [3.63, 3.8) is 0 Å². The van der Waals surface area contributed by atoms with Crippen LogP contribution in [0.1, 0.15) is 5.56 Å². The highest BCUT2D eigenvalue weighted by molar-refractivity contribution is 5.80. The first-order valence-electron chi connectivity index (χ1n) is 8.27. The van der Waals surface area contributed by atoms with Gasteiger partial charge >= 0.3 is 0 Å². The standard InChI is InChI=1S/C21H19FN2O2/c22-20-9-5-4-6-16(20)14-24-21(25)15-23-17-10-12-19(13-11-17)26-18-7-2-1-3-8-18/h1-13,23H,14-15H2,(H,24,25). The number of para-hydroxylation sites is 1. The minimum absolute atomic E-state index is 0.105. The predicted molar refractivity (Wildman–Crippen MR) is 99.7 cm³/mol. The van der Waals surface area contributed by atoms with Crippen molar-refractivity contribution in [1.82, 2.24) is 5.32 Å². The van der Waals surface area contributed by atoms with E-state index >= 15 is 0 Å². The number of hydrogen-bond donors (Lipinski definition) is 2. The highest BCUT2D eigenvalue weighted by atomic mass is 19.1. The van der Waals surface area contributed by atoms with Crippen molar-refractivity contribution in [2.24, 2.45) is 0 Å². The number of anilines is 1. The van der Waals surface area contributed by atoms with Crippen LogP contribution in [-0.2, 0) is 11.3 Å². The van der Waals surface area contributed by atoms with E-state index in [4.69, 9.17) is 4.74 Å². The molecule has 0 radical (unpaired) electrons. The monoisotopic (exact) mass is 350 g/mol. The van der Waals surface area contributed by atoms with Gasteiger partial charge < -0.3 is 15.4 Å². The molecule has 132 valence electrons. The van der Waals surface area contributed by atoms with Gasteiger partial charge in [-0.3, -0.25) is 4.79 Å². The number of benzene rings is 3. The molecule has 0 aliphatic carbocycles. The molecule has 0 fully saturated rings. The number of carbonyl (C=O) groups excluding carboxylic acids is 1. The molecule has 5 heteroatoms. The second-order valence-electron chi connectivity index (χ2n) is 5.66. The Morgan fingerprint density at radius 2 is 1.50 bits per heavy atom. The summed E-state index contributed by atoms with van der Waals surface area (Å²) in [6.07, 6.45) is 0. The van der Waals surface area contributed by atoms with E-state index in [1.54, 1.807) is 18.2 Å². The zero-order chi connectivity index (χ0) is 18.2. The van der Waals surface area contributed by atoms with Gasteiger partial charge in [0.15, 0.2) is 0 Å². The molecule has 0 saturated carbocycles. The van der Waals surface area contributed by atoms with Crippen molar-refractivity contribution in [3.8, 4) is 11.5 Å². The van der Waals surface area contributed by atoms with Gasteiger partial charge in [0, 0.05) is 17.8 Å². The van der Waals surface area contributed by atoms with Gasteiger partial charge in [-0.05, 0) is 42.5 Å². The summed E-state index contributed by atoms with van der Waals surface area (Å²) >= 11 is 0. The molecular weight excluding hydrogens is 331 g/mol. The van der Waals surface area contributed by atoms with Gasteiger partial charge in [0.2, 0.25) is 5.91 Å². The predicted octanol–water partition coefficient (Wildman–Crippen LogP) is 4.35. The summed E-state index contributed by atoms with van der Waals surface area (Å²) in [4.78, 5) is 11.9. The molecule has 1 amide bonds. The van der Waals surface area contributed by atoms with Crippen molar-refractivity contribution < 1.29 is 13.9 Å². The quantitative estimate of drug-likeness (QED) is 0.666. The normalized spacial score (nSPS) is 10.2. The number of hydrogen-bond acceptors (Lipinski definition) is 3. The highest BCUT2D eigenvalue weighted by Gasteiger charge is 2.05. The third-order valence-corrected chi connectivity index (χ3v) is 3.72. The summed E-state index contributed by atoms with van der Waals surface area (Å²) in [5.74, 6) is 0.944. The Morgan fingerprint density at radius 1 is 0.846 bits per heavy atom. The molecular formula is C21H19FN2O2. The summed E-state index contributed by atoms with van der Waals surface area (Å²) in [7, 11) is 0. The molecule has 0 bridgehead atoms. The fourth-order valence-corrected chi connectivity index (χ4v) is 2.35. The largest absolute Gasteiger partial charge is 0.457 e. The van der Waals surface area contributed by atoms with Crippen LogP contribution in [-0.4, -0.2) is 12.5 Å². The van der Waals surface area contributed by atoms with Crippen molar-refractivity contribution in [1.29, 1.82) is 0 Å². The summed E-state index contributed by atoms with van der Waals surface area (Å²) in [5, 5.41) is 5.71. The number of nitrogens with one attached hydrogen (secondary N) is 2. The lowest BCUT2D eigenvalue weighted by Gasteiger charge is -2.10. The molecule has 0 spiro atoms. The van der Waals surface area contributed by atoms with E-state index in [9.17, 15) is 9.18 Å². The van der Waals surface area contributed by atoms with E-state index in [2.05, 4.69) is 10.6 Å². The van der Waals surface area contributed by atoms with Crippen molar-refractivity contribution >= 4 is 11.6 Å². The van der Waals surface area contributed by atoms with Gasteiger partial charge in [-0.1, -0.05) is 36.4 Å². The lowest BCUT2D eigenvalue weighted by molar-refractivity contribution is -0.119. The Hall–Kier alpha value is -3.34. The molecule has 26 heavy (non-hydrogen) atoms. The smallest absolute Gasteiger partial charge is 0.239 e. The number of ether oxygens (including phenoxy) is 1. The van der Waals surface area contributed by atoms with E-state index in [0.717, 1.165) is 11.4 Å². The second kappa shape index (κ2) is 8.67.